The van der Waals surface area contributed by atoms with Gasteiger partial charge in [0.2, 0.25) is 5.91 Å². The second-order valence-corrected chi connectivity index (χ2v) is 8.90. The highest BCUT2D eigenvalue weighted by molar-refractivity contribution is 5.79. The van der Waals surface area contributed by atoms with E-state index >= 15 is 0 Å². The summed E-state index contributed by atoms with van der Waals surface area (Å²) < 4.78 is 10.9. The van der Waals surface area contributed by atoms with E-state index in [1.54, 1.807) is 19.1 Å². The molecule has 7 nitrogen and oxygen atoms in total. The summed E-state index contributed by atoms with van der Waals surface area (Å²) >= 11 is 0. The monoisotopic (exact) mass is 452 g/mol. The number of rotatable bonds is 8. The summed E-state index contributed by atoms with van der Waals surface area (Å²) in [5.74, 6) is -0.169. The van der Waals surface area contributed by atoms with Crippen LogP contribution in [0.2, 0.25) is 0 Å². The van der Waals surface area contributed by atoms with Crippen LogP contribution in [0.25, 0.3) is 0 Å². The van der Waals surface area contributed by atoms with Crippen LogP contribution < -0.4 is 9.47 Å². The van der Waals surface area contributed by atoms with E-state index in [-0.39, 0.29) is 18.4 Å². The van der Waals surface area contributed by atoms with Gasteiger partial charge in [-0.15, -0.1) is 0 Å². The van der Waals surface area contributed by atoms with Crippen molar-refractivity contribution >= 4 is 11.9 Å². The number of likely N-dealkylation sites (tertiary alicyclic amines) is 1. The van der Waals surface area contributed by atoms with E-state index in [0.29, 0.717) is 25.4 Å². The van der Waals surface area contributed by atoms with Crippen LogP contribution in [-0.2, 0) is 16.0 Å². The van der Waals surface area contributed by atoms with Gasteiger partial charge in [-0.25, -0.2) is 0 Å². The maximum Gasteiger partial charge on any atom is 0.309 e. The number of fused-ring (bicyclic) bond motifs is 1. The SMILES string of the molecule is CCCN(C)C(=O)CN1CC(c2ccc3c(c2)CCO3)[C@H](C(=O)O)[C@H]1c1ccc(OC)cc1. The minimum absolute atomic E-state index is 0.00232. The summed E-state index contributed by atoms with van der Waals surface area (Å²) in [7, 11) is 3.41. The molecule has 2 aliphatic rings. The second-order valence-electron chi connectivity index (χ2n) is 8.90. The number of aliphatic carboxylic acids is 1. The zero-order valence-electron chi connectivity index (χ0n) is 19.5. The number of likely N-dealkylation sites (N-methyl/N-ethyl adjacent to an activating group) is 1. The van der Waals surface area contributed by atoms with E-state index in [4.69, 9.17) is 9.47 Å². The fraction of sp³-hybridized carbons (Fsp3) is 0.462. The largest absolute Gasteiger partial charge is 0.497 e. The normalized spacial score (nSPS) is 22.0. The van der Waals surface area contributed by atoms with Crippen LogP contribution in [0.5, 0.6) is 11.5 Å². The number of benzene rings is 2. The van der Waals surface area contributed by atoms with Crippen molar-refractivity contribution in [3.05, 3.63) is 59.2 Å². The Morgan fingerprint density at radius 2 is 1.91 bits per heavy atom. The summed E-state index contributed by atoms with van der Waals surface area (Å²) in [5.41, 5.74) is 2.98. The Balaban J connectivity index is 1.71. The molecule has 7 heteroatoms. The molecule has 1 unspecified atom stereocenters. The average Bonchev–Trinajstić information content (AvgIpc) is 3.43. The van der Waals surface area contributed by atoms with Crippen molar-refractivity contribution in [1.29, 1.82) is 0 Å². The highest BCUT2D eigenvalue weighted by atomic mass is 16.5. The first-order valence-corrected chi connectivity index (χ1v) is 11.5. The molecule has 0 spiro atoms. The van der Waals surface area contributed by atoms with Gasteiger partial charge in [0.25, 0.3) is 0 Å². The van der Waals surface area contributed by atoms with Gasteiger partial charge >= 0.3 is 5.97 Å². The topological polar surface area (TPSA) is 79.3 Å². The summed E-state index contributed by atoms with van der Waals surface area (Å²) in [6.07, 6.45) is 1.71. The Morgan fingerprint density at radius 1 is 1.18 bits per heavy atom. The van der Waals surface area contributed by atoms with Crippen LogP contribution in [0, 0.1) is 5.92 Å². The van der Waals surface area contributed by atoms with Crippen LogP contribution >= 0.6 is 0 Å². The minimum Gasteiger partial charge on any atom is -0.497 e. The number of amides is 1. The van der Waals surface area contributed by atoms with Crippen LogP contribution in [0.4, 0.5) is 0 Å². The van der Waals surface area contributed by atoms with Gasteiger partial charge in [-0.2, -0.15) is 0 Å². The lowest BCUT2D eigenvalue weighted by atomic mass is 9.82. The third-order valence-corrected chi connectivity index (χ3v) is 6.81. The number of ether oxygens (including phenoxy) is 2. The maximum absolute atomic E-state index is 12.9. The van der Waals surface area contributed by atoms with E-state index in [9.17, 15) is 14.7 Å². The molecule has 1 saturated heterocycles. The first-order chi connectivity index (χ1) is 15.9. The van der Waals surface area contributed by atoms with Gasteiger partial charge in [0.05, 0.1) is 26.2 Å². The average molecular weight is 453 g/mol. The zero-order valence-corrected chi connectivity index (χ0v) is 19.5. The molecular formula is C26H32N2O5. The van der Waals surface area contributed by atoms with Gasteiger partial charge < -0.3 is 19.5 Å². The quantitative estimate of drug-likeness (QED) is 0.662. The number of carbonyl (C=O) groups excluding carboxylic acids is 1. The smallest absolute Gasteiger partial charge is 0.309 e. The highest BCUT2D eigenvalue weighted by Gasteiger charge is 2.48. The predicted molar refractivity (Wildman–Crippen MR) is 125 cm³/mol. The molecule has 3 atom stereocenters. The molecule has 0 aromatic heterocycles. The number of nitrogens with zero attached hydrogens (tertiary/aromatic N) is 2. The molecule has 2 aromatic rings. The number of methoxy groups -OCH3 is 1. The van der Waals surface area contributed by atoms with Crippen LogP contribution in [0.3, 0.4) is 0 Å². The first kappa shape index (κ1) is 23.1. The molecule has 2 heterocycles. The van der Waals surface area contributed by atoms with E-state index in [0.717, 1.165) is 35.3 Å². The van der Waals surface area contributed by atoms with Crippen molar-refractivity contribution in [1.82, 2.24) is 9.80 Å². The lowest BCUT2D eigenvalue weighted by Crippen LogP contribution is -2.39. The molecule has 2 aromatic carbocycles. The van der Waals surface area contributed by atoms with Crippen molar-refractivity contribution in [3.8, 4) is 11.5 Å². The van der Waals surface area contributed by atoms with E-state index in [1.807, 2.05) is 48.2 Å². The number of hydrogen-bond donors (Lipinski definition) is 1. The summed E-state index contributed by atoms with van der Waals surface area (Å²) in [4.78, 5) is 29.3. The standard InChI is InChI=1S/C26H32N2O5/c1-4-12-27(2)23(29)16-28-15-21(18-7-10-22-19(14-18)11-13-33-22)24(26(30)31)25(28)17-5-8-20(32-3)9-6-17/h5-10,14,21,24-25H,4,11-13,15-16H2,1-3H3,(H,30,31)/t21?,24-,25+/m0/s1. The third-order valence-electron chi connectivity index (χ3n) is 6.81. The molecule has 33 heavy (non-hydrogen) atoms. The van der Waals surface area contributed by atoms with Gasteiger partial charge in [0, 0.05) is 38.5 Å². The molecular weight excluding hydrogens is 420 g/mol. The molecule has 4 rings (SSSR count). The van der Waals surface area contributed by atoms with Crippen LogP contribution in [0.1, 0.15) is 42.0 Å². The van der Waals surface area contributed by atoms with Crippen LogP contribution in [0.15, 0.2) is 42.5 Å². The fourth-order valence-electron chi connectivity index (χ4n) is 5.12. The number of carboxylic acid groups (broad SMARTS) is 1. The molecule has 0 saturated carbocycles. The van der Waals surface area contributed by atoms with E-state index < -0.39 is 17.9 Å². The Labute approximate surface area is 194 Å². The molecule has 1 fully saturated rings. The Hall–Kier alpha value is -3.06. The Bertz CT molecular complexity index is 1010. The number of hydrogen-bond acceptors (Lipinski definition) is 5. The van der Waals surface area contributed by atoms with E-state index in [2.05, 4.69) is 6.07 Å². The minimum atomic E-state index is -0.852. The summed E-state index contributed by atoms with van der Waals surface area (Å²) in [5, 5.41) is 10.3. The van der Waals surface area contributed by atoms with Crippen molar-refractivity contribution in [2.45, 2.75) is 31.7 Å². The van der Waals surface area contributed by atoms with Gasteiger partial charge in [0.15, 0.2) is 0 Å². The second kappa shape index (κ2) is 9.83. The van der Waals surface area contributed by atoms with Crippen LogP contribution in [-0.4, -0.2) is 67.2 Å². The summed E-state index contributed by atoms with van der Waals surface area (Å²) in [6, 6.07) is 13.1. The molecule has 2 aliphatic heterocycles. The van der Waals surface area contributed by atoms with Gasteiger partial charge in [0.1, 0.15) is 11.5 Å². The van der Waals surface area contributed by atoms with Crippen molar-refractivity contribution in [2.24, 2.45) is 5.92 Å². The van der Waals surface area contributed by atoms with Gasteiger partial charge in [-0.3, -0.25) is 14.5 Å². The van der Waals surface area contributed by atoms with Gasteiger partial charge in [-0.05, 0) is 41.3 Å². The Kier molecular flexibility index (Phi) is 6.88. The van der Waals surface area contributed by atoms with E-state index in [1.165, 1.54) is 0 Å². The molecule has 176 valence electrons. The maximum atomic E-state index is 12.9. The molecule has 1 amide bonds. The molecule has 0 radical (unpaired) electrons. The lowest BCUT2D eigenvalue weighted by molar-refractivity contribution is -0.143. The molecule has 0 bridgehead atoms. The number of carboxylic acids is 1. The highest BCUT2D eigenvalue weighted by Crippen LogP contribution is 2.47. The van der Waals surface area contributed by atoms with Crippen molar-refractivity contribution in [3.63, 3.8) is 0 Å². The first-order valence-electron chi connectivity index (χ1n) is 11.5. The Morgan fingerprint density at radius 3 is 2.58 bits per heavy atom. The third kappa shape index (κ3) is 4.69. The van der Waals surface area contributed by atoms with Gasteiger partial charge in [-0.1, -0.05) is 31.2 Å². The fourth-order valence-corrected chi connectivity index (χ4v) is 5.12. The summed E-state index contributed by atoms with van der Waals surface area (Å²) in [6.45, 7) is 4.05. The van der Waals surface area contributed by atoms with Crippen molar-refractivity contribution < 1.29 is 24.2 Å². The molecule has 1 N–H and O–H groups in total. The number of carbonyl (C=O) groups is 2. The molecule has 0 aliphatic carbocycles. The van der Waals surface area contributed by atoms with Crippen molar-refractivity contribution in [2.75, 3.05) is 40.4 Å². The lowest BCUT2D eigenvalue weighted by Gasteiger charge is -2.28. The predicted octanol–water partition coefficient (Wildman–Crippen LogP) is 3.34. The zero-order chi connectivity index (χ0) is 23.5.